The quantitative estimate of drug-likeness (QED) is 0.494. The molecule has 134 valence electrons. The molecule has 1 aliphatic heterocycles. The summed E-state index contributed by atoms with van der Waals surface area (Å²) < 4.78 is 7.52. The standard InChI is InChI=1S/C18H25N5O2/c1-3-4-8-18(21-22-18)9-7-17(24)19-10-11-25-13-15-12-16(14-5-6-14)20-23(15)2/h1,12,14H,4-11,13H2,2H3,(H,19,24). The summed E-state index contributed by atoms with van der Waals surface area (Å²) in [7, 11) is 1.94. The van der Waals surface area contributed by atoms with E-state index in [0.717, 1.165) is 12.1 Å². The molecule has 0 spiro atoms. The maximum atomic E-state index is 11.9. The van der Waals surface area contributed by atoms with Gasteiger partial charge in [-0.15, -0.1) is 12.3 Å². The van der Waals surface area contributed by atoms with Crippen LogP contribution in [0.15, 0.2) is 16.3 Å². The lowest BCUT2D eigenvalue weighted by Crippen LogP contribution is -2.28. The van der Waals surface area contributed by atoms with Crippen LogP contribution < -0.4 is 5.32 Å². The zero-order valence-electron chi connectivity index (χ0n) is 14.7. The molecule has 2 aliphatic rings. The van der Waals surface area contributed by atoms with Gasteiger partial charge in [0, 0.05) is 45.2 Å². The summed E-state index contributed by atoms with van der Waals surface area (Å²) in [6.45, 7) is 1.49. The maximum Gasteiger partial charge on any atom is 0.220 e. The molecule has 1 amide bonds. The summed E-state index contributed by atoms with van der Waals surface area (Å²) in [5.74, 6) is 3.23. The van der Waals surface area contributed by atoms with Crippen LogP contribution in [0.1, 0.15) is 55.8 Å². The molecule has 0 atom stereocenters. The fourth-order valence-corrected chi connectivity index (χ4v) is 2.75. The molecule has 1 aromatic heterocycles. The third kappa shape index (κ3) is 5.13. The van der Waals surface area contributed by atoms with Crippen LogP contribution in [0.3, 0.4) is 0 Å². The molecular weight excluding hydrogens is 318 g/mol. The molecule has 25 heavy (non-hydrogen) atoms. The van der Waals surface area contributed by atoms with Gasteiger partial charge in [0.05, 0.1) is 24.6 Å². The van der Waals surface area contributed by atoms with Crippen LogP contribution >= 0.6 is 0 Å². The number of carbonyl (C=O) groups is 1. The van der Waals surface area contributed by atoms with Crippen molar-refractivity contribution < 1.29 is 9.53 Å². The van der Waals surface area contributed by atoms with E-state index in [-0.39, 0.29) is 11.6 Å². The first-order chi connectivity index (χ1) is 12.1. The zero-order chi connectivity index (χ0) is 17.7. The van der Waals surface area contributed by atoms with Crippen molar-refractivity contribution in [2.75, 3.05) is 13.2 Å². The second kappa shape index (κ2) is 7.79. The van der Waals surface area contributed by atoms with E-state index in [1.54, 1.807) is 0 Å². The van der Waals surface area contributed by atoms with Crippen LogP contribution in [0.2, 0.25) is 0 Å². The number of hydrogen-bond donors (Lipinski definition) is 1. The molecule has 0 aromatic carbocycles. The molecule has 0 radical (unpaired) electrons. The van der Waals surface area contributed by atoms with Crippen molar-refractivity contribution in [3.05, 3.63) is 17.5 Å². The molecule has 1 N–H and O–H groups in total. The molecule has 1 aliphatic carbocycles. The smallest absolute Gasteiger partial charge is 0.220 e. The Bertz CT molecular complexity index is 678. The Morgan fingerprint density at radius 1 is 1.48 bits per heavy atom. The molecule has 0 bridgehead atoms. The number of aromatic nitrogens is 2. The zero-order valence-corrected chi connectivity index (χ0v) is 14.7. The van der Waals surface area contributed by atoms with E-state index in [2.05, 4.69) is 32.6 Å². The lowest BCUT2D eigenvalue weighted by Gasteiger charge is -2.09. The van der Waals surface area contributed by atoms with Crippen molar-refractivity contribution in [2.24, 2.45) is 17.3 Å². The third-order valence-corrected chi connectivity index (χ3v) is 4.61. The summed E-state index contributed by atoms with van der Waals surface area (Å²) in [6, 6.07) is 2.12. The first-order valence-corrected chi connectivity index (χ1v) is 8.87. The van der Waals surface area contributed by atoms with Crippen molar-refractivity contribution in [3.8, 4) is 12.3 Å². The lowest BCUT2D eigenvalue weighted by atomic mass is 10.0. The second-order valence-corrected chi connectivity index (χ2v) is 6.75. The molecule has 1 aromatic rings. The molecule has 1 fully saturated rings. The number of aryl methyl sites for hydroxylation is 1. The molecule has 7 nitrogen and oxygen atoms in total. The Hall–Kier alpha value is -2.20. The number of carbonyl (C=O) groups excluding carboxylic acids is 1. The van der Waals surface area contributed by atoms with Gasteiger partial charge in [0.1, 0.15) is 0 Å². The Morgan fingerprint density at radius 3 is 2.96 bits per heavy atom. The number of amides is 1. The first-order valence-electron chi connectivity index (χ1n) is 8.87. The van der Waals surface area contributed by atoms with Gasteiger partial charge in [0.25, 0.3) is 0 Å². The fraction of sp³-hybridized carbons (Fsp3) is 0.667. The van der Waals surface area contributed by atoms with Crippen molar-refractivity contribution in [1.29, 1.82) is 0 Å². The third-order valence-electron chi connectivity index (χ3n) is 4.61. The predicted molar refractivity (Wildman–Crippen MR) is 92.7 cm³/mol. The van der Waals surface area contributed by atoms with Gasteiger partial charge >= 0.3 is 0 Å². The molecule has 7 heteroatoms. The van der Waals surface area contributed by atoms with Crippen LogP contribution in [0.4, 0.5) is 0 Å². The summed E-state index contributed by atoms with van der Waals surface area (Å²) in [5.41, 5.74) is 1.85. The largest absolute Gasteiger partial charge is 0.373 e. The highest BCUT2D eigenvalue weighted by Gasteiger charge is 2.39. The summed E-state index contributed by atoms with van der Waals surface area (Å²) in [4.78, 5) is 11.9. The second-order valence-electron chi connectivity index (χ2n) is 6.75. The number of nitrogens with one attached hydrogen (secondary N) is 1. The van der Waals surface area contributed by atoms with Crippen molar-refractivity contribution in [3.63, 3.8) is 0 Å². The molecule has 0 unspecified atom stereocenters. The Balaban J connectivity index is 1.26. The van der Waals surface area contributed by atoms with Gasteiger partial charge in [0.15, 0.2) is 5.66 Å². The minimum absolute atomic E-state index is 0.00228. The summed E-state index contributed by atoms with van der Waals surface area (Å²) in [5, 5.41) is 15.4. The fourth-order valence-electron chi connectivity index (χ4n) is 2.75. The number of terminal acetylenes is 1. The molecular formula is C18H25N5O2. The Labute approximate surface area is 148 Å². The molecule has 0 saturated heterocycles. The van der Waals surface area contributed by atoms with Crippen LogP contribution in [0.25, 0.3) is 0 Å². The number of rotatable bonds is 11. The van der Waals surface area contributed by atoms with E-state index in [0.29, 0.717) is 44.9 Å². The van der Waals surface area contributed by atoms with E-state index in [1.807, 2.05) is 11.7 Å². The topological polar surface area (TPSA) is 80.9 Å². The molecule has 3 rings (SSSR count). The maximum absolute atomic E-state index is 11.9. The van der Waals surface area contributed by atoms with Gasteiger partial charge < -0.3 is 10.1 Å². The van der Waals surface area contributed by atoms with Gasteiger partial charge in [-0.05, 0) is 18.9 Å². The van der Waals surface area contributed by atoms with E-state index in [4.69, 9.17) is 11.2 Å². The average molecular weight is 343 g/mol. The van der Waals surface area contributed by atoms with Crippen LogP contribution in [-0.2, 0) is 23.2 Å². The van der Waals surface area contributed by atoms with Crippen LogP contribution in [0.5, 0.6) is 0 Å². The van der Waals surface area contributed by atoms with Gasteiger partial charge in [-0.2, -0.15) is 15.3 Å². The normalized spacial score (nSPS) is 17.3. The molecule has 1 saturated carbocycles. The van der Waals surface area contributed by atoms with Crippen molar-refractivity contribution >= 4 is 5.91 Å². The molecule has 2 heterocycles. The lowest BCUT2D eigenvalue weighted by molar-refractivity contribution is -0.121. The highest BCUT2D eigenvalue weighted by atomic mass is 16.5. The monoisotopic (exact) mass is 343 g/mol. The van der Waals surface area contributed by atoms with E-state index < -0.39 is 0 Å². The Kier molecular flexibility index (Phi) is 5.49. The van der Waals surface area contributed by atoms with E-state index in [9.17, 15) is 4.79 Å². The first kappa shape index (κ1) is 17.6. The van der Waals surface area contributed by atoms with E-state index >= 15 is 0 Å². The van der Waals surface area contributed by atoms with Gasteiger partial charge in [-0.3, -0.25) is 9.48 Å². The van der Waals surface area contributed by atoms with Crippen molar-refractivity contribution in [2.45, 2.75) is 56.7 Å². The SMILES string of the molecule is C#CCCC1(CCC(=O)NCCOCc2cc(C3CC3)nn2C)N=N1. The number of nitrogens with zero attached hydrogens (tertiary/aromatic N) is 4. The predicted octanol–water partition coefficient (Wildman–Crippen LogP) is 2.29. The van der Waals surface area contributed by atoms with Crippen molar-refractivity contribution in [1.82, 2.24) is 15.1 Å². The Morgan fingerprint density at radius 2 is 2.28 bits per heavy atom. The van der Waals surface area contributed by atoms with Crippen LogP contribution in [-0.4, -0.2) is 34.5 Å². The van der Waals surface area contributed by atoms with Gasteiger partial charge in [0.2, 0.25) is 5.91 Å². The van der Waals surface area contributed by atoms with Gasteiger partial charge in [-0.1, -0.05) is 0 Å². The van der Waals surface area contributed by atoms with Crippen LogP contribution in [0, 0.1) is 12.3 Å². The number of ether oxygens (including phenoxy) is 1. The highest BCUT2D eigenvalue weighted by Crippen LogP contribution is 2.39. The highest BCUT2D eigenvalue weighted by molar-refractivity contribution is 5.75. The minimum Gasteiger partial charge on any atom is -0.373 e. The summed E-state index contributed by atoms with van der Waals surface area (Å²) in [6.07, 6.45) is 10.1. The van der Waals surface area contributed by atoms with Gasteiger partial charge in [-0.25, -0.2) is 0 Å². The number of hydrogen-bond acceptors (Lipinski definition) is 5. The average Bonchev–Trinajstić information content (AvgIpc) is 3.52. The summed E-state index contributed by atoms with van der Waals surface area (Å²) >= 11 is 0. The minimum atomic E-state index is -0.390. The van der Waals surface area contributed by atoms with E-state index in [1.165, 1.54) is 18.5 Å².